The predicted molar refractivity (Wildman–Crippen MR) is 157 cm³/mol. The molecule has 0 radical (unpaired) electrons. The maximum atomic E-state index is 12.0. The summed E-state index contributed by atoms with van der Waals surface area (Å²) in [5.74, 6) is -3.76. The molecule has 2 aliphatic rings. The number of benzene rings is 2. The number of carboxylic acid groups (broad SMARTS) is 1. The van der Waals surface area contributed by atoms with Gasteiger partial charge in [-0.2, -0.15) is 0 Å². The number of fused-ring (bicyclic) bond motifs is 1. The summed E-state index contributed by atoms with van der Waals surface area (Å²) in [6, 6.07) is 13.9. The van der Waals surface area contributed by atoms with E-state index in [0.29, 0.717) is 17.9 Å². The Morgan fingerprint density at radius 1 is 0.976 bits per heavy atom. The van der Waals surface area contributed by atoms with Gasteiger partial charge in [-0.1, -0.05) is 43.0 Å². The number of hydrogen-bond donors (Lipinski definition) is 3. The van der Waals surface area contributed by atoms with Crippen LogP contribution in [-0.2, 0) is 27.4 Å². The zero-order valence-electron chi connectivity index (χ0n) is 24.6. The van der Waals surface area contributed by atoms with Gasteiger partial charge in [0.15, 0.2) is 16.7 Å². The lowest BCUT2D eigenvalue weighted by Gasteiger charge is -2.49. The summed E-state index contributed by atoms with van der Waals surface area (Å²) in [7, 11) is 3.17. The van der Waals surface area contributed by atoms with Crippen molar-refractivity contribution >= 4 is 23.0 Å². The minimum absolute atomic E-state index is 0.0279. The van der Waals surface area contributed by atoms with Crippen LogP contribution in [0.4, 0.5) is 4.79 Å². The Kier molecular flexibility index (Phi) is 10.4. The van der Waals surface area contributed by atoms with Crippen LogP contribution in [0.1, 0.15) is 38.3 Å². The molecule has 230 valence electrons. The lowest BCUT2D eigenvalue weighted by atomic mass is 9.75. The Bertz CT molecular complexity index is 1220. The molecule has 0 bridgehead atoms. The van der Waals surface area contributed by atoms with E-state index in [9.17, 15) is 20.1 Å². The van der Waals surface area contributed by atoms with Gasteiger partial charge >= 0.3 is 6.09 Å². The maximum Gasteiger partial charge on any atom is 0.413 e. The molecule has 1 fully saturated rings. The molecule has 4 rings (SSSR count). The summed E-state index contributed by atoms with van der Waals surface area (Å²) in [6.07, 6.45) is -0.516. The zero-order valence-corrected chi connectivity index (χ0v) is 25.4. The van der Waals surface area contributed by atoms with Crippen LogP contribution in [0.3, 0.4) is 0 Å². The number of thioether (sulfide) groups is 1. The van der Waals surface area contributed by atoms with Crippen LogP contribution in [0.2, 0.25) is 0 Å². The highest BCUT2D eigenvalue weighted by Gasteiger charge is 2.58. The number of aliphatic hydroxyl groups is 2. The van der Waals surface area contributed by atoms with Crippen LogP contribution in [0.5, 0.6) is 11.5 Å². The van der Waals surface area contributed by atoms with Crippen molar-refractivity contribution in [3.63, 3.8) is 0 Å². The van der Waals surface area contributed by atoms with Crippen molar-refractivity contribution < 1.29 is 43.8 Å². The van der Waals surface area contributed by atoms with Gasteiger partial charge in [-0.05, 0) is 55.7 Å². The molecule has 0 spiro atoms. The summed E-state index contributed by atoms with van der Waals surface area (Å²) in [5, 5.41) is 33.6. The molecule has 2 heterocycles. The predicted octanol–water partition coefficient (Wildman–Crippen LogP) is 4.30. The van der Waals surface area contributed by atoms with E-state index < -0.39 is 41.0 Å². The van der Waals surface area contributed by atoms with Crippen molar-refractivity contribution in [1.82, 2.24) is 4.90 Å². The van der Waals surface area contributed by atoms with E-state index in [4.69, 9.17) is 28.7 Å². The second-order valence-electron chi connectivity index (χ2n) is 10.7. The molecule has 12 heteroatoms. The number of nitrogens with zero attached hydrogens (tertiary/aromatic N) is 2. The van der Waals surface area contributed by atoms with Gasteiger partial charge in [0.2, 0.25) is 0 Å². The fourth-order valence-electron chi connectivity index (χ4n) is 5.23. The number of ether oxygens (including phenoxy) is 5. The van der Waals surface area contributed by atoms with Crippen LogP contribution < -0.4 is 9.47 Å². The number of amidine groups is 1. The third-order valence-corrected chi connectivity index (χ3v) is 8.78. The normalized spacial score (nSPS) is 24.6. The molecule has 6 atom stereocenters. The fraction of sp³-hybridized carbons (Fsp3) is 0.533. The highest BCUT2D eigenvalue weighted by Crippen LogP contribution is 2.48. The molecule has 2 aliphatic heterocycles. The molecule has 0 saturated carbocycles. The Balaban J connectivity index is 1.61. The van der Waals surface area contributed by atoms with E-state index in [1.54, 1.807) is 38.5 Å². The van der Waals surface area contributed by atoms with Crippen molar-refractivity contribution in [2.45, 2.75) is 63.5 Å². The summed E-state index contributed by atoms with van der Waals surface area (Å²) in [5.41, 5.74) is 1.05. The smallest absolute Gasteiger partial charge is 0.413 e. The topological polar surface area (TPSA) is 140 Å². The van der Waals surface area contributed by atoms with Gasteiger partial charge in [0.1, 0.15) is 16.9 Å². The standard InChI is InChI=1S/C30H40N2O9S/c1-6-15-32(28(33)34)27-31-25-24(30(3,36)41-17-20-9-13-22(38-5)14-10-20)23(18-39-26(25)42-27)29(2,35)40-16-19-7-11-21(37-4)12-8-19/h7-14,23-26,35-36H,6,15-18H2,1-5H3,(H,33,34)/t23-,24?,25-,26-,29?,30?/m1/s1. The van der Waals surface area contributed by atoms with E-state index in [0.717, 1.165) is 11.1 Å². The minimum atomic E-state index is -1.80. The summed E-state index contributed by atoms with van der Waals surface area (Å²) < 4.78 is 28.7. The van der Waals surface area contributed by atoms with Crippen molar-refractivity contribution in [2.75, 3.05) is 27.4 Å². The number of methoxy groups -OCH3 is 2. The quantitative estimate of drug-likeness (QED) is 0.301. The van der Waals surface area contributed by atoms with E-state index in [1.807, 2.05) is 31.2 Å². The van der Waals surface area contributed by atoms with Crippen molar-refractivity contribution in [2.24, 2.45) is 16.8 Å². The third-order valence-electron chi connectivity index (χ3n) is 7.60. The summed E-state index contributed by atoms with van der Waals surface area (Å²) in [6.45, 7) is 5.42. The number of aliphatic imine (C=N–C) groups is 1. The van der Waals surface area contributed by atoms with Crippen molar-refractivity contribution in [3.05, 3.63) is 59.7 Å². The molecule has 3 N–H and O–H groups in total. The zero-order chi connectivity index (χ0) is 30.5. The van der Waals surface area contributed by atoms with Crippen LogP contribution in [-0.4, -0.2) is 81.9 Å². The Labute approximate surface area is 250 Å². The van der Waals surface area contributed by atoms with Crippen LogP contribution >= 0.6 is 11.8 Å². The molecule has 3 unspecified atom stereocenters. The lowest BCUT2D eigenvalue weighted by Crippen LogP contribution is -2.60. The first-order valence-corrected chi connectivity index (χ1v) is 14.7. The second kappa shape index (κ2) is 13.6. The van der Waals surface area contributed by atoms with Crippen molar-refractivity contribution in [1.29, 1.82) is 0 Å². The van der Waals surface area contributed by atoms with Gasteiger partial charge in [-0.25, -0.2) is 4.79 Å². The fourth-order valence-corrected chi connectivity index (χ4v) is 6.43. The third kappa shape index (κ3) is 7.36. The molecule has 2 aromatic carbocycles. The first kappa shape index (κ1) is 32.1. The van der Waals surface area contributed by atoms with Gasteiger partial charge in [0.05, 0.1) is 40.1 Å². The van der Waals surface area contributed by atoms with Gasteiger partial charge in [0, 0.05) is 18.4 Å². The maximum absolute atomic E-state index is 12.0. The number of rotatable bonds is 12. The minimum Gasteiger partial charge on any atom is -0.497 e. The molecule has 0 aromatic heterocycles. The van der Waals surface area contributed by atoms with Gasteiger partial charge in [-0.3, -0.25) is 9.89 Å². The number of hydrogen-bond acceptors (Lipinski definition) is 10. The Morgan fingerprint density at radius 3 is 1.98 bits per heavy atom. The van der Waals surface area contributed by atoms with Crippen LogP contribution in [0.25, 0.3) is 0 Å². The van der Waals surface area contributed by atoms with E-state index >= 15 is 0 Å². The summed E-state index contributed by atoms with van der Waals surface area (Å²) >= 11 is 1.19. The monoisotopic (exact) mass is 604 g/mol. The SMILES string of the molecule is CCCN(C(=O)O)C1=N[C@@H]2C(C(C)(O)OCc3ccc(OC)cc3)[C@H](C(C)(O)OCc3ccc(OC)cc3)CO[C@@H]2S1. The van der Waals surface area contributed by atoms with Gasteiger partial charge in [-0.15, -0.1) is 0 Å². The number of amides is 1. The van der Waals surface area contributed by atoms with E-state index in [2.05, 4.69) is 0 Å². The molecule has 1 saturated heterocycles. The molecule has 0 aliphatic carbocycles. The molecule has 11 nitrogen and oxygen atoms in total. The van der Waals surface area contributed by atoms with Gasteiger partial charge in [0.25, 0.3) is 0 Å². The highest BCUT2D eigenvalue weighted by atomic mass is 32.2. The Morgan fingerprint density at radius 2 is 1.50 bits per heavy atom. The summed E-state index contributed by atoms with van der Waals surface area (Å²) in [4.78, 5) is 17.9. The molecule has 42 heavy (non-hydrogen) atoms. The van der Waals surface area contributed by atoms with E-state index in [1.165, 1.54) is 30.5 Å². The van der Waals surface area contributed by atoms with Crippen molar-refractivity contribution in [3.8, 4) is 11.5 Å². The van der Waals surface area contributed by atoms with Gasteiger partial charge < -0.3 is 39.0 Å². The largest absolute Gasteiger partial charge is 0.497 e. The molecular weight excluding hydrogens is 564 g/mol. The van der Waals surface area contributed by atoms with Crippen LogP contribution in [0, 0.1) is 11.8 Å². The molecule has 2 aromatic rings. The second-order valence-corrected chi connectivity index (χ2v) is 11.7. The lowest BCUT2D eigenvalue weighted by molar-refractivity contribution is -0.317. The highest BCUT2D eigenvalue weighted by molar-refractivity contribution is 8.14. The average molecular weight is 605 g/mol. The van der Waals surface area contributed by atoms with E-state index in [-0.39, 0.29) is 31.5 Å². The first-order chi connectivity index (χ1) is 20.0. The first-order valence-electron chi connectivity index (χ1n) is 13.8. The molecular formula is C30H40N2O9S. The molecule has 1 amide bonds. The Hall–Kier alpha value is -2.87. The number of carbonyl (C=O) groups is 1. The van der Waals surface area contributed by atoms with Crippen LogP contribution in [0.15, 0.2) is 53.5 Å². The average Bonchev–Trinajstić information content (AvgIpc) is 3.41.